The Labute approximate surface area is 177 Å². The van der Waals surface area contributed by atoms with Gasteiger partial charge in [-0.25, -0.2) is 14.6 Å². The molecule has 3 rings (SSSR count). The molecule has 2 aromatic carbocycles. The van der Waals surface area contributed by atoms with Crippen LogP contribution in [-0.4, -0.2) is 36.5 Å². The number of pyridine rings is 1. The van der Waals surface area contributed by atoms with Gasteiger partial charge in [-0.2, -0.15) is 0 Å². The molecular formula is C22H18N2O5S. The number of esters is 2. The van der Waals surface area contributed by atoms with E-state index in [4.69, 9.17) is 4.74 Å². The first kappa shape index (κ1) is 21.1. The average Bonchev–Trinajstić information content (AvgIpc) is 2.78. The highest BCUT2D eigenvalue weighted by Gasteiger charge is 2.16. The zero-order chi connectivity index (χ0) is 21.3. The van der Waals surface area contributed by atoms with Gasteiger partial charge in [0.05, 0.1) is 18.2 Å². The van der Waals surface area contributed by atoms with E-state index in [9.17, 15) is 14.4 Å². The van der Waals surface area contributed by atoms with Gasteiger partial charge in [-0.05, 0) is 48.5 Å². The maximum absolute atomic E-state index is 12.5. The molecule has 0 radical (unpaired) electrons. The van der Waals surface area contributed by atoms with Crippen LogP contribution < -0.4 is 5.32 Å². The van der Waals surface area contributed by atoms with Crippen LogP contribution in [0.5, 0.6) is 0 Å². The molecule has 30 heavy (non-hydrogen) atoms. The predicted molar refractivity (Wildman–Crippen MR) is 111 cm³/mol. The number of aromatic nitrogens is 1. The third kappa shape index (κ3) is 5.68. The number of nitrogens with zero attached hydrogens (tertiary/aromatic N) is 1. The number of carbonyl (C=O) groups excluding carboxylic acids is 3. The van der Waals surface area contributed by atoms with Gasteiger partial charge in [0, 0.05) is 16.8 Å². The van der Waals surface area contributed by atoms with E-state index in [-0.39, 0.29) is 5.56 Å². The molecule has 1 heterocycles. The van der Waals surface area contributed by atoms with Crippen molar-refractivity contribution >= 4 is 35.3 Å². The van der Waals surface area contributed by atoms with Crippen molar-refractivity contribution in [2.24, 2.45) is 0 Å². The number of hydrogen-bond donors (Lipinski definition) is 1. The van der Waals surface area contributed by atoms with E-state index in [1.807, 2.05) is 30.3 Å². The van der Waals surface area contributed by atoms with Gasteiger partial charge in [-0.1, -0.05) is 30.0 Å². The van der Waals surface area contributed by atoms with Crippen molar-refractivity contribution in [3.8, 4) is 0 Å². The number of anilines is 1. The molecule has 7 nitrogen and oxygen atoms in total. The molecule has 0 aliphatic carbocycles. The molecule has 0 saturated carbocycles. The number of rotatable bonds is 7. The number of benzene rings is 2. The number of hydrogen-bond acceptors (Lipinski definition) is 7. The first-order chi connectivity index (χ1) is 14.6. The summed E-state index contributed by atoms with van der Waals surface area (Å²) >= 11 is 1.33. The van der Waals surface area contributed by atoms with E-state index in [2.05, 4.69) is 15.0 Å². The lowest BCUT2D eigenvalue weighted by Gasteiger charge is -2.09. The van der Waals surface area contributed by atoms with Gasteiger partial charge in [0.15, 0.2) is 6.61 Å². The SMILES string of the molecule is COC(=O)c1ccc(NC(=O)COC(=O)c2cccnc2Sc2ccccc2)cc1. The predicted octanol–water partition coefficient (Wildman–Crippen LogP) is 3.81. The standard InChI is InChI=1S/C22H18N2O5S/c1-28-21(26)15-9-11-16(12-10-15)24-19(25)14-29-22(27)18-8-5-13-23-20(18)30-17-6-3-2-4-7-17/h2-13H,14H2,1H3,(H,24,25). The molecule has 1 N–H and O–H groups in total. The number of ether oxygens (including phenoxy) is 2. The van der Waals surface area contributed by atoms with Crippen LogP contribution in [0.1, 0.15) is 20.7 Å². The monoisotopic (exact) mass is 422 g/mol. The highest BCUT2D eigenvalue weighted by molar-refractivity contribution is 7.99. The topological polar surface area (TPSA) is 94.6 Å². The summed E-state index contributed by atoms with van der Waals surface area (Å²) in [4.78, 5) is 41.2. The molecule has 0 aliphatic rings. The smallest absolute Gasteiger partial charge is 0.341 e. The first-order valence-electron chi connectivity index (χ1n) is 8.90. The molecular weight excluding hydrogens is 404 g/mol. The van der Waals surface area contributed by atoms with Crippen molar-refractivity contribution < 1.29 is 23.9 Å². The van der Waals surface area contributed by atoms with E-state index in [1.54, 1.807) is 30.5 Å². The van der Waals surface area contributed by atoms with Gasteiger partial charge in [-0.3, -0.25) is 4.79 Å². The Kier molecular flexibility index (Phi) is 7.18. The van der Waals surface area contributed by atoms with E-state index < -0.39 is 24.5 Å². The molecule has 3 aromatic rings. The lowest BCUT2D eigenvalue weighted by molar-refractivity contribution is -0.119. The molecule has 0 fully saturated rings. The first-order valence-corrected chi connectivity index (χ1v) is 9.72. The fraction of sp³-hybridized carbons (Fsp3) is 0.0909. The molecule has 0 atom stereocenters. The van der Waals surface area contributed by atoms with E-state index >= 15 is 0 Å². The van der Waals surface area contributed by atoms with Crippen molar-refractivity contribution in [1.82, 2.24) is 4.98 Å². The molecule has 0 aliphatic heterocycles. The maximum atomic E-state index is 12.5. The normalized spacial score (nSPS) is 10.2. The molecule has 1 aromatic heterocycles. The molecule has 0 saturated heterocycles. The summed E-state index contributed by atoms with van der Waals surface area (Å²) in [6.45, 7) is -0.456. The van der Waals surface area contributed by atoms with Gasteiger partial charge in [0.1, 0.15) is 5.03 Å². The number of carbonyl (C=O) groups is 3. The van der Waals surface area contributed by atoms with Gasteiger partial charge < -0.3 is 14.8 Å². The van der Waals surface area contributed by atoms with Crippen LogP contribution in [-0.2, 0) is 14.3 Å². The lowest BCUT2D eigenvalue weighted by Crippen LogP contribution is -2.21. The van der Waals surface area contributed by atoms with Gasteiger partial charge in [-0.15, -0.1) is 0 Å². The van der Waals surface area contributed by atoms with Crippen LogP contribution in [0.3, 0.4) is 0 Å². The molecule has 0 spiro atoms. The Hall–Kier alpha value is -3.65. The minimum Gasteiger partial charge on any atom is -0.465 e. The zero-order valence-corrected chi connectivity index (χ0v) is 16.8. The summed E-state index contributed by atoms with van der Waals surface area (Å²) in [5.41, 5.74) is 1.11. The lowest BCUT2D eigenvalue weighted by atomic mass is 10.2. The Bertz CT molecular complexity index is 1040. The van der Waals surface area contributed by atoms with Crippen molar-refractivity contribution in [2.45, 2.75) is 9.92 Å². The molecule has 0 bridgehead atoms. The Morgan fingerprint density at radius 2 is 1.67 bits per heavy atom. The van der Waals surface area contributed by atoms with Crippen molar-refractivity contribution in [2.75, 3.05) is 19.0 Å². The quantitative estimate of drug-likeness (QED) is 0.579. The second-order valence-corrected chi connectivity index (χ2v) is 7.03. The Morgan fingerprint density at radius 1 is 0.933 bits per heavy atom. The van der Waals surface area contributed by atoms with Crippen LogP contribution in [0.15, 0.2) is 82.8 Å². The summed E-state index contributed by atoms with van der Waals surface area (Å²) < 4.78 is 9.76. The Balaban J connectivity index is 1.58. The summed E-state index contributed by atoms with van der Waals surface area (Å²) in [6.07, 6.45) is 1.59. The van der Waals surface area contributed by atoms with E-state index in [1.165, 1.54) is 31.0 Å². The van der Waals surface area contributed by atoms with Gasteiger partial charge >= 0.3 is 11.9 Å². The van der Waals surface area contributed by atoms with Crippen LogP contribution in [0.4, 0.5) is 5.69 Å². The summed E-state index contributed by atoms with van der Waals surface area (Å²) in [6, 6.07) is 18.9. The highest BCUT2D eigenvalue weighted by Crippen LogP contribution is 2.28. The minimum atomic E-state index is -0.641. The Morgan fingerprint density at radius 3 is 2.37 bits per heavy atom. The minimum absolute atomic E-state index is 0.279. The van der Waals surface area contributed by atoms with Crippen molar-refractivity contribution in [3.63, 3.8) is 0 Å². The second kappa shape index (κ2) is 10.2. The van der Waals surface area contributed by atoms with E-state index in [0.717, 1.165) is 4.90 Å². The molecule has 152 valence electrons. The molecule has 0 unspecified atom stereocenters. The molecule has 1 amide bonds. The third-order valence-electron chi connectivity index (χ3n) is 3.87. The third-order valence-corrected chi connectivity index (χ3v) is 4.90. The van der Waals surface area contributed by atoms with Crippen LogP contribution in [0.25, 0.3) is 0 Å². The second-order valence-electron chi connectivity index (χ2n) is 5.96. The fourth-order valence-electron chi connectivity index (χ4n) is 2.44. The van der Waals surface area contributed by atoms with Gasteiger partial charge in [0.25, 0.3) is 5.91 Å². The summed E-state index contributed by atoms with van der Waals surface area (Å²) in [5, 5.41) is 3.09. The van der Waals surface area contributed by atoms with Crippen molar-refractivity contribution in [3.05, 3.63) is 84.1 Å². The average molecular weight is 422 g/mol. The van der Waals surface area contributed by atoms with Crippen LogP contribution in [0.2, 0.25) is 0 Å². The summed E-state index contributed by atoms with van der Waals surface area (Å²) in [7, 11) is 1.29. The van der Waals surface area contributed by atoms with Gasteiger partial charge in [0.2, 0.25) is 0 Å². The zero-order valence-electron chi connectivity index (χ0n) is 16.0. The number of amides is 1. The van der Waals surface area contributed by atoms with Crippen molar-refractivity contribution in [1.29, 1.82) is 0 Å². The largest absolute Gasteiger partial charge is 0.465 e. The van der Waals surface area contributed by atoms with Crippen LogP contribution in [0, 0.1) is 0 Å². The summed E-state index contributed by atoms with van der Waals surface area (Å²) in [5.74, 6) is -1.62. The number of methoxy groups -OCH3 is 1. The fourth-order valence-corrected chi connectivity index (χ4v) is 3.33. The van der Waals surface area contributed by atoms with Crippen LogP contribution >= 0.6 is 11.8 Å². The molecule has 8 heteroatoms. The maximum Gasteiger partial charge on any atom is 0.341 e. The van der Waals surface area contributed by atoms with E-state index in [0.29, 0.717) is 16.3 Å². The highest BCUT2D eigenvalue weighted by atomic mass is 32.2. The number of nitrogens with one attached hydrogen (secondary N) is 1.